The molecule has 0 radical (unpaired) electrons. The molecule has 7 nitrogen and oxygen atoms in total. The number of benzene rings is 1. The second-order valence-electron chi connectivity index (χ2n) is 4.86. The van der Waals surface area contributed by atoms with E-state index in [-0.39, 0.29) is 0 Å². The Morgan fingerprint density at radius 2 is 1.62 bits per heavy atom. The number of hydrogen-bond donors (Lipinski definition) is 3. The summed E-state index contributed by atoms with van der Waals surface area (Å²) in [4.78, 5) is 14.6. The summed E-state index contributed by atoms with van der Waals surface area (Å²) >= 11 is 3.48. The molecule has 0 aliphatic heterocycles. The van der Waals surface area contributed by atoms with Crippen LogP contribution in [0.1, 0.15) is 11.1 Å². The summed E-state index contributed by atoms with van der Waals surface area (Å²) in [5.74, 6) is 6.68. The lowest BCUT2D eigenvalue weighted by Crippen LogP contribution is -2.18. The zero-order valence-corrected chi connectivity index (χ0v) is 14.0. The van der Waals surface area contributed by atoms with Gasteiger partial charge in [0.15, 0.2) is 0 Å². The minimum absolute atomic E-state index is 0.309. The number of nitrogens with one attached hydrogen (secondary N) is 2. The van der Waals surface area contributed by atoms with E-state index in [0.29, 0.717) is 17.8 Å². The molecule has 112 valence electrons. The van der Waals surface area contributed by atoms with Crippen molar-refractivity contribution in [2.45, 2.75) is 13.8 Å². The molecule has 4 N–H and O–H groups in total. The number of nitrogen functional groups attached to an aromatic ring is 1. The summed E-state index contributed by atoms with van der Waals surface area (Å²) in [6.07, 6.45) is 0. The number of anilines is 4. The van der Waals surface area contributed by atoms with Crippen LogP contribution < -0.4 is 21.5 Å². The van der Waals surface area contributed by atoms with Crippen molar-refractivity contribution in [3.8, 4) is 0 Å². The molecule has 1 heterocycles. The van der Waals surface area contributed by atoms with Crippen molar-refractivity contribution >= 4 is 39.5 Å². The number of nitrogens with two attached hydrogens (primary N) is 1. The Kier molecular flexibility index (Phi) is 4.59. The molecule has 0 fully saturated rings. The van der Waals surface area contributed by atoms with E-state index in [1.54, 1.807) is 4.90 Å². The van der Waals surface area contributed by atoms with Crippen LogP contribution in [-0.2, 0) is 0 Å². The van der Waals surface area contributed by atoms with E-state index in [0.717, 1.165) is 21.3 Å². The van der Waals surface area contributed by atoms with Gasteiger partial charge in [-0.15, -0.1) is 0 Å². The maximum Gasteiger partial charge on any atom is 0.243 e. The maximum absolute atomic E-state index is 5.41. The average Bonchev–Trinajstić information content (AvgIpc) is 2.42. The van der Waals surface area contributed by atoms with E-state index in [4.69, 9.17) is 5.84 Å². The van der Waals surface area contributed by atoms with Crippen molar-refractivity contribution in [3.05, 3.63) is 27.7 Å². The zero-order chi connectivity index (χ0) is 15.6. The van der Waals surface area contributed by atoms with Gasteiger partial charge in [-0.2, -0.15) is 15.0 Å². The summed E-state index contributed by atoms with van der Waals surface area (Å²) < 4.78 is 1.04. The Balaban J connectivity index is 2.42. The standard InChI is InChI=1S/C13H18BrN7/c1-7-5-9(14)6-8(2)10(7)16-11-17-12(20-15)19-13(18-11)21(3)4/h5-6H,15H2,1-4H3,(H2,16,17,18,19,20). The first-order valence-corrected chi connectivity index (χ1v) is 7.14. The average molecular weight is 352 g/mol. The van der Waals surface area contributed by atoms with Crippen LogP contribution in [0, 0.1) is 13.8 Å². The number of aryl methyl sites for hydroxylation is 2. The van der Waals surface area contributed by atoms with Gasteiger partial charge in [-0.25, -0.2) is 5.84 Å². The van der Waals surface area contributed by atoms with Gasteiger partial charge in [-0.3, -0.25) is 5.43 Å². The van der Waals surface area contributed by atoms with E-state index < -0.39 is 0 Å². The quantitative estimate of drug-likeness (QED) is 0.575. The summed E-state index contributed by atoms with van der Waals surface area (Å²) in [6.45, 7) is 4.05. The first-order chi connectivity index (χ1) is 9.90. The molecular weight excluding hydrogens is 334 g/mol. The zero-order valence-electron chi connectivity index (χ0n) is 12.4. The predicted molar refractivity (Wildman–Crippen MR) is 88.9 cm³/mol. The SMILES string of the molecule is Cc1cc(Br)cc(C)c1Nc1nc(NN)nc(N(C)C)n1. The number of hydrogen-bond acceptors (Lipinski definition) is 7. The molecule has 21 heavy (non-hydrogen) atoms. The van der Waals surface area contributed by atoms with Crippen LogP contribution in [0.4, 0.5) is 23.5 Å². The molecular formula is C13H18BrN7. The Morgan fingerprint density at radius 3 is 2.14 bits per heavy atom. The van der Waals surface area contributed by atoms with E-state index in [2.05, 4.69) is 41.6 Å². The Morgan fingerprint density at radius 1 is 1.05 bits per heavy atom. The summed E-state index contributed by atoms with van der Waals surface area (Å²) in [7, 11) is 3.71. The van der Waals surface area contributed by atoms with Crippen LogP contribution in [0.15, 0.2) is 16.6 Å². The highest BCUT2D eigenvalue weighted by atomic mass is 79.9. The fourth-order valence-electron chi connectivity index (χ4n) is 1.90. The van der Waals surface area contributed by atoms with Gasteiger partial charge in [0.1, 0.15) is 0 Å². The van der Waals surface area contributed by atoms with Crippen LogP contribution in [0.3, 0.4) is 0 Å². The van der Waals surface area contributed by atoms with Crippen molar-refractivity contribution in [3.63, 3.8) is 0 Å². The van der Waals surface area contributed by atoms with Gasteiger partial charge >= 0.3 is 0 Å². The molecule has 1 aromatic carbocycles. The summed E-state index contributed by atoms with van der Waals surface area (Å²) in [5.41, 5.74) is 5.61. The highest BCUT2D eigenvalue weighted by molar-refractivity contribution is 9.10. The lowest BCUT2D eigenvalue weighted by molar-refractivity contribution is 0.956. The molecule has 0 saturated heterocycles. The minimum atomic E-state index is 0.309. The van der Waals surface area contributed by atoms with Crippen LogP contribution in [-0.4, -0.2) is 29.0 Å². The minimum Gasteiger partial charge on any atom is -0.347 e. The highest BCUT2D eigenvalue weighted by Crippen LogP contribution is 2.27. The van der Waals surface area contributed by atoms with Gasteiger partial charge < -0.3 is 10.2 Å². The lowest BCUT2D eigenvalue weighted by atomic mass is 10.1. The van der Waals surface area contributed by atoms with Crippen molar-refractivity contribution in [2.24, 2.45) is 5.84 Å². The first kappa shape index (κ1) is 15.5. The van der Waals surface area contributed by atoms with E-state index in [1.165, 1.54) is 0 Å². The summed E-state index contributed by atoms with van der Waals surface area (Å²) in [5, 5.41) is 3.23. The number of nitrogens with zero attached hydrogens (tertiary/aromatic N) is 4. The molecule has 0 aliphatic rings. The normalized spacial score (nSPS) is 10.4. The second-order valence-corrected chi connectivity index (χ2v) is 5.78. The molecule has 0 atom stereocenters. The third kappa shape index (κ3) is 3.59. The third-order valence-electron chi connectivity index (χ3n) is 2.89. The topological polar surface area (TPSA) is 92.0 Å². The van der Waals surface area contributed by atoms with Crippen LogP contribution in [0.25, 0.3) is 0 Å². The van der Waals surface area contributed by atoms with E-state index in [1.807, 2.05) is 40.1 Å². The van der Waals surface area contributed by atoms with E-state index >= 15 is 0 Å². The van der Waals surface area contributed by atoms with Gasteiger partial charge in [-0.1, -0.05) is 15.9 Å². The molecule has 0 bridgehead atoms. The summed E-state index contributed by atoms with van der Waals surface area (Å²) in [6, 6.07) is 4.07. The molecule has 1 aromatic heterocycles. The molecule has 0 unspecified atom stereocenters. The lowest BCUT2D eigenvalue weighted by Gasteiger charge is -2.15. The van der Waals surface area contributed by atoms with Crippen molar-refractivity contribution < 1.29 is 0 Å². The number of hydrazine groups is 1. The molecule has 0 saturated carbocycles. The van der Waals surface area contributed by atoms with Gasteiger partial charge in [0.05, 0.1) is 0 Å². The van der Waals surface area contributed by atoms with Crippen LogP contribution in [0.2, 0.25) is 0 Å². The van der Waals surface area contributed by atoms with Gasteiger partial charge in [0.2, 0.25) is 17.8 Å². The number of halogens is 1. The van der Waals surface area contributed by atoms with E-state index in [9.17, 15) is 0 Å². The molecule has 0 aliphatic carbocycles. The molecule has 0 spiro atoms. The van der Waals surface area contributed by atoms with Crippen LogP contribution >= 0.6 is 15.9 Å². The Bertz CT molecular complexity index is 634. The number of rotatable bonds is 4. The largest absolute Gasteiger partial charge is 0.347 e. The third-order valence-corrected chi connectivity index (χ3v) is 3.34. The number of aromatic nitrogens is 3. The molecule has 8 heteroatoms. The Labute approximate surface area is 132 Å². The Hall–Kier alpha value is -1.93. The van der Waals surface area contributed by atoms with Crippen molar-refractivity contribution in [1.29, 1.82) is 0 Å². The second kappa shape index (κ2) is 6.23. The maximum atomic E-state index is 5.41. The van der Waals surface area contributed by atoms with Crippen molar-refractivity contribution in [1.82, 2.24) is 15.0 Å². The first-order valence-electron chi connectivity index (χ1n) is 6.34. The van der Waals surface area contributed by atoms with Gasteiger partial charge in [0.25, 0.3) is 0 Å². The predicted octanol–water partition coefficient (Wildman–Crippen LogP) is 2.35. The fraction of sp³-hybridized carbons (Fsp3) is 0.308. The van der Waals surface area contributed by atoms with Crippen molar-refractivity contribution in [2.75, 3.05) is 29.7 Å². The molecule has 2 aromatic rings. The monoisotopic (exact) mass is 351 g/mol. The molecule has 0 amide bonds. The smallest absolute Gasteiger partial charge is 0.243 e. The van der Waals surface area contributed by atoms with Gasteiger partial charge in [-0.05, 0) is 37.1 Å². The molecule has 2 rings (SSSR count). The fourth-order valence-corrected chi connectivity index (χ4v) is 2.59. The van der Waals surface area contributed by atoms with Gasteiger partial charge in [0, 0.05) is 24.3 Å². The highest BCUT2D eigenvalue weighted by Gasteiger charge is 2.10. The van der Waals surface area contributed by atoms with Crippen LogP contribution in [0.5, 0.6) is 0 Å².